The average molecular weight is 328 g/mol. The Morgan fingerprint density at radius 1 is 0.958 bits per heavy atom. The van der Waals surface area contributed by atoms with Crippen molar-refractivity contribution in [1.29, 1.82) is 0 Å². The lowest BCUT2D eigenvalue weighted by Gasteiger charge is -2.15. The lowest BCUT2D eigenvalue weighted by atomic mass is 9.95. The Morgan fingerprint density at radius 3 is 1.83 bits per heavy atom. The van der Waals surface area contributed by atoms with Crippen molar-refractivity contribution in [3.63, 3.8) is 0 Å². The number of rotatable bonds is 4. The van der Waals surface area contributed by atoms with Gasteiger partial charge in [-0.15, -0.1) is 5.10 Å². The minimum absolute atomic E-state index is 0.351. The molecule has 0 bridgehead atoms. The van der Waals surface area contributed by atoms with E-state index >= 15 is 0 Å². The van der Waals surface area contributed by atoms with Gasteiger partial charge in [-0.3, -0.25) is 0 Å². The highest BCUT2D eigenvalue weighted by molar-refractivity contribution is 5.93. The summed E-state index contributed by atoms with van der Waals surface area (Å²) in [5, 5.41) is 21.2. The first-order valence-corrected chi connectivity index (χ1v) is 7.21. The van der Waals surface area contributed by atoms with E-state index < -0.39 is 0 Å². The number of aliphatic hydroxyl groups excluding tert-OH is 1. The van der Waals surface area contributed by atoms with Crippen LogP contribution in [-0.2, 0) is 0 Å². The van der Waals surface area contributed by atoms with Crippen molar-refractivity contribution in [3.8, 4) is 0 Å². The lowest BCUT2D eigenvalue weighted by Crippen LogP contribution is -2.09. The largest absolute Gasteiger partial charge is 0.390 e. The lowest BCUT2D eigenvalue weighted by molar-refractivity contribution is 0.342. The molecule has 1 aromatic heterocycles. The van der Waals surface area contributed by atoms with Gasteiger partial charge in [0, 0.05) is 5.57 Å². The van der Waals surface area contributed by atoms with E-state index in [1.54, 1.807) is 31.2 Å². The molecule has 1 heterocycles. The van der Waals surface area contributed by atoms with Gasteiger partial charge < -0.3 is 5.11 Å². The summed E-state index contributed by atoms with van der Waals surface area (Å²) in [6, 6.07) is 11.6. The zero-order valence-electron chi connectivity index (χ0n) is 12.8. The van der Waals surface area contributed by atoms with Gasteiger partial charge in [-0.25, -0.2) is 8.78 Å². The van der Waals surface area contributed by atoms with Crippen LogP contribution in [0.5, 0.6) is 0 Å². The average Bonchev–Trinajstić information content (AvgIpc) is 3.01. The fraction of sp³-hybridized carbons (Fsp3) is 0.118. The van der Waals surface area contributed by atoms with Crippen molar-refractivity contribution in [3.05, 3.63) is 77.1 Å². The Labute approximate surface area is 136 Å². The summed E-state index contributed by atoms with van der Waals surface area (Å²) in [6.45, 7) is 1.35. The number of benzene rings is 2. The molecule has 2 aromatic carbocycles. The highest BCUT2D eigenvalue weighted by Gasteiger charge is 2.16. The second-order valence-electron chi connectivity index (χ2n) is 5.13. The van der Waals surface area contributed by atoms with E-state index in [1.807, 2.05) is 0 Å². The first-order valence-electron chi connectivity index (χ1n) is 7.21. The maximum Gasteiger partial charge on any atom is 0.153 e. The molecule has 5 nitrogen and oxygen atoms in total. The van der Waals surface area contributed by atoms with Crippen LogP contribution in [0.1, 0.15) is 17.0 Å². The molecule has 0 saturated carbocycles. The number of halogens is 2. The van der Waals surface area contributed by atoms with Crippen LogP contribution in [0, 0.1) is 18.6 Å². The molecule has 0 atom stereocenters. The van der Waals surface area contributed by atoms with E-state index in [-0.39, 0.29) is 18.2 Å². The number of aryl methyl sites for hydroxylation is 1. The van der Waals surface area contributed by atoms with E-state index in [2.05, 4.69) is 15.5 Å². The quantitative estimate of drug-likeness (QED) is 0.800. The van der Waals surface area contributed by atoms with Crippen LogP contribution in [0.2, 0.25) is 0 Å². The van der Waals surface area contributed by atoms with Gasteiger partial charge in [0.1, 0.15) is 11.6 Å². The molecule has 0 aliphatic carbocycles. The predicted molar refractivity (Wildman–Crippen MR) is 84.7 cm³/mol. The molecule has 0 unspecified atom stereocenters. The van der Waals surface area contributed by atoms with Crippen LogP contribution in [-0.4, -0.2) is 31.9 Å². The third kappa shape index (κ3) is 3.07. The predicted octanol–water partition coefficient (Wildman–Crippen LogP) is 2.67. The first-order chi connectivity index (χ1) is 11.6. The van der Waals surface area contributed by atoms with Crippen LogP contribution < -0.4 is 0 Å². The SMILES string of the molecule is Cc1nnnn1C(CO)=C(c1ccc(F)cc1)c1ccc(F)cc1. The van der Waals surface area contributed by atoms with Gasteiger partial charge >= 0.3 is 0 Å². The molecule has 1 N–H and O–H groups in total. The van der Waals surface area contributed by atoms with Gasteiger partial charge in [-0.1, -0.05) is 24.3 Å². The summed E-state index contributed by atoms with van der Waals surface area (Å²) in [4.78, 5) is 0. The van der Waals surface area contributed by atoms with Crippen molar-refractivity contribution in [2.75, 3.05) is 6.61 Å². The molecule has 24 heavy (non-hydrogen) atoms. The minimum Gasteiger partial charge on any atom is -0.390 e. The topological polar surface area (TPSA) is 63.8 Å². The smallest absolute Gasteiger partial charge is 0.153 e. The summed E-state index contributed by atoms with van der Waals surface area (Å²) >= 11 is 0. The van der Waals surface area contributed by atoms with Crippen molar-refractivity contribution >= 4 is 11.3 Å². The first kappa shape index (κ1) is 15.9. The highest BCUT2D eigenvalue weighted by atomic mass is 19.1. The Kier molecular flexibility index (Phi) is 4.43. The number of aliphatic hydroxyl groups is 1. The zero-order chi connectivity index (χ0) is 17.1. The highest BCUT2D eigenvalue weighted by Crippen LogP contribution is 2.29. The summed E-state index contributed by atoms with van der Waals surface area (Å²) in [7, 11) is 0. The molecule has 7 heteroatoms. The van der Waals surface area contributed by atoms with E-state index in [0.29, 0.717) is 28.2 Å². The molecule has 3 rings (SSSR count). The van der Waals surface area contributed by atoms with Crippen molar-refractivity contribution in [2.45, 2.75) is 6.92 Å². The molecular formula is C17H14F2N4O. The molecule has 122 valence electrons. The molecule has 0 saturated heterocycles. The third-order valence-corrected chi connectivity index (χ3v) is 3.59. The molecule has 0 spiro atoms. The normalized spacial score (nSPS) is 10.7. The van der Waals surface area contributed by atoms with Crippen LogP contribution >= 0.6 is 0 Å². The van der Waals surface area contributed by atoms with Gasteiger partial charge in [-0.2, -0.15) is 4.68 Å². The maximum absolute atomic E-state index is 13.3. The Hall–Kier alpha value is -2.93. The second-order valence-corrected chi connectivity index (χ2v) is 5.13. The molecule has 0 fully saturated rings. The molecule has 3 aromatic rings. The number of tetrazole rings is 1. The van der Waals surface area contributed by atoms with Crippen LogP contribution in [0.4, 0.5) is 8.78 Å². The summed E-state index contributed by atoms with van der Waals surface area (Å²) in [6.07, 6.45) is 0. The molecular weight excluding hydrogens is 314 g/mol. The Bertz CT molecular complexity index is 823. The summed E-state index contributed by atoms with van der Waals surface area (Å²) < 4.78 is 28.0. The fourth-order valence-electron chi connectivity index (χ4n) is 2.47. The van der Waals surface area contributed by atoms with E-state index in [4.69, 9.17) is 0 Å². The van der Waals surface area contributed by atoms with Gasteiger partial charge in [-0.05, 0) is 52.7 Å². The van der Waals surface area contributed by atoms with E-state index in [0.717, 1.165) is 0 Å². The molecule has 0 radical (unpaired) electrons. The van der Waals surface area contributed by atoms with Crippen molar-refractivity contribution in [2.24, 2.45) is 0 Å². The second kappa shape index (κ2) is 6.67. The standard InChI is InChI=1S/C17H14F2N4O/c1-11-20-21-22-23(11)16(10-24)17(12-2-6-14(18)7-3-12)13-4-8-15(19)9-5-13/h2-9,24H,10H2,1H3. The Morgan fingerprint density at radius 2 is 1.46 bits per heavy atom. The van der Waals surface area contributed by atoms with E-state index in [1.165, 1.54) is 28.9 Å². The van der Waals surface area contributed by atoms with Gasteiger partial charge in [0.2, 0.25) is 0 Å². The summed E-state index contributed by atoms with van der Waals surface area (Å²) in [5.41, 5.74) is 2.31. The minimum atomic E-state index is -0.374. The number of aromatic nitrogens is 4. The monoisotopic (exact) mass is 328 g/mol. The fourth-order valence-corrected chi connectivity index (χ4v) is 2.47. The van der Waals surface area contributed by atoms with Crippen molar-refractivity contribution < 1.29 is 13.9 Å². The number of nitrogens with zero attached hydrogens (tertiary/aromatic N) is 4. The van der Waals surface area contributed by atoms with Crippen LogP contribution in [0.25, 0.3) is 11.3 Å². The number of hydrogen-bond donors (Lipinski definition) is 1. The summed E-state index contributed by atoms with van der Waals surface area (Å²) in [5.74, 6) is -0.261. The maximum atomic E-state index is 13.3. The third-order valence-electron chi connectivity index (χ3n) is 3.59. The van der Waals surface area contributed by atoms with Gasteiger partial charge in [0.05, 0.1) is 12.3 Å². The van der Waals surface area contributed by atoms with E-state index in [9.17, 15) is 13.9 Å². The van der Waals surface area contributed by atoms with Crippen molar-refractivity contribution in [1.82, 2.24) is 20.2 Å². The molecule has 0 aliphatic heterocycles. The van der Waals surface area contributed by atoms with Gasteiger partial charge in [0.25, 0.3) is 0 Å². The Balaban J connectivity index is 2.28. The van der Waals surface area contributed by atoms with Gasteiger partial charge in [0.15, 0.2) is 5.82 Å². The van der Waals surface area contributed by atoms with Crippen LogP contribution in [0.3, 0.4) is 0 Å². The zero-order valence-corrected chi connectivity index (χ0v) is 12.8. The molecule has 0 aliphatic rings. The van der Waals surface area contributed by atoms with Crippen LogP contribution in [0.15, 0.2) is 48.5 Å². The number of hydrogen-bond acceptors (Lipinski definition) is 4. The molecule has 0 amide bonds.